The third kappa shape index (κ3) is 2.14. The highest BCUT2D eigenvalue weighted by atomic mass is 15.1. The van der Waals surface area contributed by atoms with Crippen LogP contribution in [0.25, 0.3) is 0 Å². The molecule has 0 saturated heterocycles. The zero-order chi connectivity index (χ0) is 13.6. The summed E-state index contributed by atoms with van der Waals surface area (Å²) in [5.74, 6) is 0. The van der Waals surface area contributed by atoms with Gasteiger partial charge in [0.25, 0.3) is 0 Å². The van der Waals surface area contributed by atoms with Crippen LogP contribution < -0.4 is 4.90 Å². The molecule has 3 rings (SSSR count). The fraction of sp³-hybridized carbons (Fsp3) is 0.333. The first kappa shape index (κ1) is 12.3. The van der Waals surface area contributed by atoms with E-state index in [0.29, 0.717) is 0 Å². The van der Waals surface area contributed by atoms with Crippen LogP contribution in [0, 0.1) is 27.7 Å². The molecule has 0 radical (unpaired) electrons. The molecular weight excluding hydrogens is 230 g/mol. The van der Waals surface area contributed by atoms with Crippen LogP contribution in [0.15, 0.2) is 30.3 Å². The van der Waals surface area contributed by atoms with E-state index in [2.05, 4.69) is 62.9 Å². The van der Waals surface area contributed by atoms with Crippen molar-refractivity contribution in [1.29, 1.82) is 0 Å². The molecule has 0 saturated carbocycles. The third-order valence-electron chi connectivity index (χ3n) is 4.24. The monoisotopic (exact) mass is 251 g/mol. The van der Waals surface area contributed by atoms with Gasteiger partial charge in [-0.3, -0.25) is 0 Å². The van der Waals surface area contributed by atoms with Gasteiger partial charge in [-0.05, 0) is 67.1 Å². The van der Waals surface area contributed by atoms with E-state index in [1.54, 1.807) is 0 Å². The molecule has 0 atom stereocenters. The SMILES string of the molecule is Cc1ccc(C)c(N2Cc3cc(C)c(C)cc3C2)c1. The molecule has 0 amide bonds. The average Bonchev–Trinajstić information content (AvgIpc) is 2.75. The lowest BCUT2D eigenvalue weighted by Gasteiger charge is -2.20. The number of benzene rings is 2. The fourth-order valence-corrected chi connectivity index (χ4v) is 2.93. The van der Waals surface area contributed by atoms with Gasteiger partial charge in [-0.15, -0.1) is 0 Å². The summed E-state index contributed by atoms with van der Waals surface area (Å²) in [7, 11) is 0. The molecule has 1 aliphatic heterocycles. The molecule has 0 bridgehead atoms. The van der Waals surface area contributed by atoms with Crippen molar-refractivity contribution in [3.05, 3.63) is 63.7 Å². The summed E-state index contributed by atoms with van der Waals surface area (Å²) >= 11 is 0. The number of aryl methyl sites for hydroxylation is 4. The van der Waals surface area contributed by atoms with Gasteiger partial charge in [-0.25, -0.2) is 0 Å². The van der Waals surface area contributed by atoms with E-state index in [4.69, 9.17) is 0 Å². The average molecular weight is 251 g/mol. The predicted molar refractivity (Wildman–Crippen MR) is 81.7 cm³/mol. The molecule has 0 aliphatic carbocycles. The first-order chi connectivity index (χ1) is 9.04. The van der Waals surface area contributed by atoms with Crippen LogP contribution in [0.1, 0.15) is 33.4 Å². The number of hydrogen-bond donors (Lipinski definition) is 0. The van der Waals surface area contributed by atoms with Crippen LogP contribution in [0.4, 0.5) is 5.69 Å². The summed E-state index contributed by atoms with van der Waals surface area (Å²) in [5, 5.41) is 0. The van der Waals surface area contributed by atoms with Gasteiger partial charge in [-0.1, -0.05) is 24.3 Å². The zero-order valence-corrected chi connectivity index (χ0v) is 12.2. The van der Waals surface area contributed by atoms with Crippen LogP contribution >= 0.6 is 0 Å². The molecule has 19 heavy (non-hydrogen) atoms. The summed E-state index contributed by atoms with van der Waals surface area (Å²) < 4.78 is 0. The maximum atomic E-state index is 2.49. The molecule has 1 heterocycles. The van der Waals surface area contributed by atoms with Crippen molar-refractivity contribution in [2.24, 2.45) is 0 Å². The topological polar surface area (TPSA) is 3.24 Å². The number of nitrogens with zero attached hydrogens (tertiary/aromatic N) is 1. The third-order valence-corrected chi connectivity index (χ3v) is 4.24. The van der Waals surface area contributed by atoms with Crippen molar-refractivity contribution < 1.29 is 0 Å². The Morgan fingerprint density at radius 3 is 1.89 bits per heavy atom. The maximum absolute atomic E-state index is 2.49. The van der Waals surface area contributed by atoms with Gasteiger partial charge in [0.2, 0.25) is 0 Å². The van der Waals surface area contributed by atoms with Crippen molar-refractivity contribution in [3.63, 3.8) is 0 Å². The Morgan fingerprint density at radius 1 is 0.737 bits per heavy atom. The summed E-state index contributed by atoms with van der Waals surface area (Å²) in [6.07, 6.45) is 0. The molecule has 2 aromatic carbocycles. The first-order valence-electron chi connectivity index (χ1n) is 6.96. The van der Waals surface area contributed by atoms with Crippen LogP contribution in [0.2, 0.25) is 0 Å². The van der Waals surface area contributed by atoms with Crippen LogP contribution in [0.3, 0.4) is 0 Å². The number of hydrogen-bond acceptors (Lipinski definition) is 1. The molecule has 0 fully saturated rings. The molecule has 1 heteroatoms. The molecule has 2 aromatic rings. The molecule has 0 spiro atoms. The van der Waals surface area contributed by atoms with E-state index in [1.807, 2.05) is 0 Å². The largest absolute Gasteiger partial charge is 0.363 e. The van der Waals surface area contributed by atoms with Crippen molar-refractivity contribution >= 4 is 5.69 Å². The first-order valence-corrected chi connectivity index (χ1v) is 6.96. The van der Waals surface area contributed by atoms with E-state index in [0.717, 1.165) is 13.1 Å². The van der Waals surface area contributed by atoms with Gasteiger partial charge >= 0.3 is 0 Å². The Labute approximate surface area is 115 Å². The minimum Gasteiger partial charge on any atom is -0.363 e. The second kappa shape index (κ2) is 4.41. The molecule has 1 aliphatic rings. The van der Waals surface area contributed by atoms with Gasteiger partial charge in [0.1, 0.15) is 0 Å². The lowest BCUT2D eigenvalue weighted by Crippen LogP contribution is -2.15. The molecule has 0 N–H and O–H groups in total. The van der Waals surface area contributed by atoms with Crippen molar-refractivity contribution in [1.82, 2.24) is 0 Å². The zero-order valence-electron chi connectivity index (χ0n) is 12.2. The van der Waals surface area contributed by atoms with Gasteiger partial charge < -0.3 is 4.90 Å². The fourth-order valence-electron chi connectivity index (χ4n) is 2.93. The van der Waals surface area contributed by atoms with Gasteiger partial charge in [0, 0.05) is 18.8 Å². The Balaban J connectivity index is 1.97. The molecule has 0 aromatic heterocycles. The Kier molecular flexibility index (Phi) is 2.85. The quantitative estimate of drug-likeness (QED) is 0.724. The second-order valence-electron chi connectivity index (χ2n) is 5.85. The molecular formula is C18H21N. The van der Waals surface area contributed by atoms with Crippen LogP contribution in [0.5, 0.6) is 0 Å². The molecule has 1 nitrogen and oxygen atoms in total. The van der Waals surface area contributed by atoms with Crippen molar-refractivity contribution in [2.45, 2.75) is 40.8 Å². The summed E-state index contributed by atoms with van der Waals surface area (Å²) in [6.45, 7) is 10.9. The van der Waals surface area contributed by atoms with Gasteiger partial charge in [0.15, 0.2) is 0 Å². The highest BCUT2D eigenvalue weighted by molar-refractivity contribution is 5.58. The lowest BCUT2D eigenvalue weighted by atomic mass is 10.0. The standard InChI is InChI=1S/C18H21N/c1-12-5-6-13(2)18(7-12)19-10-16-8-14(3)15(4)9-17(16)11-19/h5-9H,10-11H2,1-4H3. The predicted octanol–water partition coefficient (Wildman–Crippen LogP) is 4.44. The second-order valence-corrected chi connectivity index (χ2v) is 5.85. The summed E-state index contributed by atoms with van der Waals surface area (Å²) in [4.78, 5) is 2.49. The minimum absolute atomic E-state index is 1.04. The number of fused-ring (bicyclic) bond motifs is 1. The Morgan fingerprint density at radius 2 is 1.32 bits per heavy atom. The van der Waals surface area contributed by atoms with E-state index in [-0.39, 0.29) is 0 Å². The highest BCUT2D eigenvalue weighted by Gasteiger charge is 2.21. The minimum atomic E-state index is 1.04. The van der Waals surface area contributed by atoms with E-state index < -0.39 is 0 Å². The van der Waals surface area contributed by atoms with Gasteiger partial charge in [0.05, 0.1) is 0 Å². The van der Waals surface area contributed by atoms with Crippen LogP contribution in [-0.4, -0.2) is 0 Å². The lowest BCUT2D eigenvalue weighted by molar-refractivity contribution is 0.874. The van der Waals surface area contributed by atoms with Crippen LogP contribution in [-0.2, 0) is 13.1 Å². The summed E-state index contributed by atoms with van der Waals surface area (Å²) in [6, 6.07) is 11.4. The van der Waals surface area contributed by atoms with Crippen molar-refractivity contribution in [2.75, 3.05) is 4.90 Å². The molecule has 98 valence electrons. The van der Waals surface area contributed by atoms with E-state index in [9.17, 15) is 0 Å². The Bertz CT molecular complexity index is 609. The summed E-state index contributed by atoms with van der Waals surface area (Å²) in [5.41, 5.74) is 9.87. The number of anilines is 1. The molecule has 0 unspecified atom stereocenters. The van der Waals surface area contributed by atoms with Crippen molar-refractivity contribution in [3.8, 4) is 0 Å². The highest BCUT2D eigenvalue weighted by Crippen LogP contribution is 2.32. The Hall–Kier alpha value is -1.76. The number of rotatable bonds is 1. The maximum Gasteiger partial charge on any atom is 0.0436 e. The van der Waals surface area contributed by atoms with E-state index in [1.165, 1.54) is 39.1 Å². The van der Waals surface area contributed by atoms with E-state index >= 15 is 0 Å². The normalized spacial score (nSPS) is 13.8. The van der Waals surface area contributed by atoms with Gasteiger partial charge in [-0.2, -0.15) is 0 Å². The smallest absolute Gasteiger partial charge is 0.0436 e.